The Kier molecular flexibility index (Phi) is 5.02. The van der Waals surface area contributed by atoms with Crippen LogP contribution < -0.4 is 11.1 Å². The molecule has 0 aliphatic carbocycles. The van der Waals surface area contributed by atoms with E-state index in [0.717, 1.165) is 0 Å². The SMILES string of the molecule is Nc1cccc(C(=O)O)c1NCCCCC(F)(F)F. The Labute approximate surface area is 108 Å². The molecule has 0 spiro atoms. The summed E-state index contributed by atoms with van der Waals surface area (Å²) in [6.45, 7) is 0.241. The Morgan fingerprint density at radius 3 is 2.58 bits per heavy atom. The van der Waals surface area contributed by atoms with Crippen molar-refractivity contribution in [2.24, 2.45) is 0 Å². The molecule has 1 rings (SSSR count). The van der Waals surface area contributed by atoms with E-state index in [2.05, 4.69) is 5.32 Å². The number of anilines is 2. The van der Waals surface area contributed by atoms with Crippen molar-refractivity contribution >= 4 is 17.3 Å². The number of halogens is 3. The molecule has 0 atom stereocenters. The van der Waals surface area contributed by atoms with Crippen LogP contribution in [0.5, 0.6) is 0 Å². The van der Waals surface area contributed by atoms with Crippen molar-refractivity contribution < 1.29 is 23.1 Å². The van der Waals surface area contributed by atoms with Crippen LogP contribution in [-0.4, -0.2) is 23.8 Å². The van der Waals surface area contributed by atoms with E-state index in [9.17, 15) is 18.0 Å². The molecule has 0 fully saturated rings. The molecule has 0 heterocycles. The highest BCUT2D eigenvalue weighted by Gasteiger charge is 2.25. The number of benzene rings is 1. The predicted octanol–water partition coefficient (Wildman–Crippen LogP) is 3.11. The number of unbranched alkanes of at least 4 members (excludes halogenated alkanes) is 1. The summed E-state index contributed by atoms with van der Waals surface area (Å²) in [5.41, 5.74) is 6.16. The van der Waals surface area contributed by atoms with Gasteiger partial charge in [-0.3, -0.25) is 0 Å². The maximum absolute atomic E-state index is 11.9. The number of carboxylic acid groups (broad SMARTS) is 1. The van der Waals surface area contributed by atoms with Gasteiger partial charge in [-0.15, -0.1) is 0 Å². The molecule has 1 aromatic carbocycles. The molecular weight excluding hydrogens is 261 g/mol. The molecule has 106 valence electrons. The molecule has 0 bridgehead atoms. The van der Waals surface area contributed by atoms with Gasteiger partial charge < -0.3 is 16.2 Å². The summed E-state index contributed by atoms with van der Waals surface area (Å²) in [6, 6.07) is 4.43. The van der Waals surface area contributed by atoms with Gasteiger partial charge in [0, 0.05) is 13.0 Å². The average molecular weight is 276 g/mol. The minimum Gasteiger partial charge on any atom is -0.478 e. The van der Waals surface area contributed by atoms with Gasteiger partial charge in [0.1, 0.15) is 0 Å². The lowest BCUT2D eigenvalue weighted by Gasteiger charge is -2.12. The van der Waals surface area contributed by atoms with Crippen LogP contribution in [0.25, 0.3) is 0 Å². The van der Waals surface area contributed by atoms with Crippen molar-refractivity contribution in [2.45, 2.75) is 25.4 Å². The van der Waals surface area contributed by atoms with Crippen LogP contribution in [0.3, 0.4) is 0 Å². The number of nitrogens with one attached hydrogen (secondary N) is 1. The summed E-state index contributed by atoms with van der Waals surface area (Å²) in [5, 5.41) is 11.7. The lowest BCUT2D eigenvalue weighted by atomic mass is 10.1. The van der Waals surface area contributed by atoms with Gasteiger partial charge in [0.15, 0.2) is 0 Å². The quantitative estimate of drug-likeness (QED) is 0.551. The maximum atomic E-state index is 11.9. The number of rotatable bonds is 6. The molecule has 4 N–H and O–H groups in total. The van der Waals surface area contributed by atoms with Crippen molar-refractivity contribution in [1.82, 2.24) is 0 Å². The van der Waals surface area contributed by atoms with E-state index >= 15 is 0 Å². The fourth-order valence-electron chi connectivity index (χ4n) is 1.61. The van der Waals surface area contributed by atoms with Crippen LogP contribution in [-0.2, 0) is 0 Å². The van der Waals surface area contributed by atoms with Crippen LogP contribution >= 0.6 is 0 Å². The van der Waals surface area contributed by atoms with Gasteiger partial charge in [0.2, 0.25) is 0 Å². The Bertz CT molecular complexity index is 447. The third-order valence-electron chi connectivity index (χ3n) is 2.52. The van der Waals surface area contributed by atoms with Crippen molar-refractivity contribution in [3.63, 3.8) is 0 Å². The van der Waals surface area contributed by atoms with E-state index in [1.54, 1.807) is 0 Å². The van der Waals surface area contributed by atoms with Crippen LogP contribution in [0, 0.1) is 0 Å². The number of para-hydroxylation sites is 1. The first kappa shape index (κ1) is 15.1. The normalized spacial score (nSPS) is 11.3. The molecule has 0 aliphatic rings. The third kappa shape index (κ3) is 5.07. The van der Waals surface area contributed by atoms with Crippen LogP contribution in [0.2, 0.25) is 0 Å². The van der Waals surface area contributed by atoms with Gasteiger partial charge in [0.05, 0.1) is 16.9 Å². The molecule has 19 heavy (non-hydrogen) atoms. The third-order valence-corrected chi connectivity index (χ3v) is 2.52. The summed E-state index contributed by atoms with van der Waals surface area (Å²) in [6.07, 6.45) is -4.72. The number of aromatic carboxylic acids is 1. The molecule has 0 aromatic heterocycles. The summed E-state index contributed by atoms with van der Waals surface area (Å²) in [7, 11) is 0. The van der Waals surface area contributed by atoms with Crippen LogP contribution in [0.4, 0.5) is 24.5 Å². The zero-order valence-electron chi connectivity index (χ0n) is 10.1. The second-order valence-electron chi connectivity index (χ2n) is 4.07. The Balaban J connectivity index is 2.52. The van der Waals surface area contributed by atoms with Gasteiger partial charge in [-0.2, -0.15) is 13.2 Å². The molecule has 0 unspecified atom stereocenters. The second-order valence-corrected chi connectivity index (χ2v) is 4.07. The maximum Gasteiger partial charge on any atom is 0.389 e. The number of carbonyl (C=O) groups is 1. The number of hydrogen-bond acceptors (Lipinski definition) is 3. The van der Waals surface area contributed by atoms with E-state index in [1.807, 2.05) is 0 Å². The number of hydrogen-bond donors (Lipinski definition) is 3. The second kappa shape index (κ2) is 6.31. The smallest absolute Gasteiger partial charge is 0.389 e. The molecule has 0 aliphatic heterocycles. The molecule has 4 nitrogen and oxygen atoms in total. The number of nitrogens with two attached hydrogens (primary N) is 1. The lowest BCUT2D eigenvalue weighted by Crippen LogP contribution is -2.11. The molecule has 0 saturated carbocycles. The molecule has 0 amide bonds. The van der Waals surface area contributed by atoms with Crippen LogP contribution in [0.1, 0.15) is 29.6 Å². The van der Waals surface area contributed by atoms with Gasteiger partial charge in [-0.1, -0.05) is 6.07 Å². The van der Waals surface area contributed by atoms with Gasteiger partial charge >= 0.3 is 12.1 Å². The zero-order chi connectivity index (χ0) is 14.5. The van der Waals surface area contributed by atoms with E-state index < -0.39 is 18.6 Å². The van der Waals surface area contributed by atoms with E-state index in [4.69, 9.17) is 10.8 Å². The summed E-state index contributed by atoms with van der Waals surface area (Å²) in [5.74, 6) is -1.13. The molecular formula is C12H15F3N2O2. The Morgan fingerprint density at radius 2 is 2.00 bits per heavy atom. The first-order valence-corrected chi connectivity index (χ1v) is 5.73. The first-order chi connectivity index (χ1) is 8.81. The molecule has 0 radical (unpaired) electrons. The number of nitrogen functional groups attached to an aromatic ring is 1. The number of alkyl halides is 3. The van der Waals surface area contributed by atoms with E-state index in [-0.39, 0.29) is 36.3 Å². The fourth-order valence-corrected chi connectivity index (χ4v) is 1.61. The minimum atomic E-state index is -4.15. The lowest BCUT2D eigenvalue weighted by molar-refractivity contribution is -0.135. The fraction of sp³-hybridized carbons (Fsp3) is 0.417. The van der Waals surface area contributed by atoms with E-state index in [1.165, 1.54) is 18.2 Å². The van der Waals surface area contributed by atoms with Crippen molar-refractivity contribution in [3.8, 4) is 0 Å². The highest BCUT2D eigenvalue weighted by molar-refractivity contribution is 5.97. The minimum absolute atomic E-state index is 0.00829. The Morgan fingerprint density at radius 1 is 1.32 bits per heavy atom. The highest BCUT2D eigenvalue weighted by Crippen LogP contribution is 2.25. The summed E-state index contributed by atoms with van der Waals surface area (Å²) >= 11 is 0. The van der Waals surface area contributed by atoms with Gasteiger partial charge in [-0.25, -0.2) is 4.79 Å². The largest absolute Gasteiger partial charge is 0.478 e. The average Bonchev–Trinajstić information content (AvgIpc) is 2.28. The monoisotopic (exact) mass is 276 g/mol. The van der Waals surface area contributed by atoms with Crippen molar-refractivity contribution in [1.29, 1.82) is 0 Å². The molecule has 1 aromatic rings. The Hall–Kier alpha value is -1.92. The predicted molar refractivity (Wildman–Crippen MR) is 66.2 cm³/mol. The standard InChI is InChI=1S/C12H15F3N2O2/c13-12(14,15)6-1-2-7-17-10-8(11(18)19)4-3-5-9(10)16/h3-5,17H,1-2,6-7,16H2,(H,18,19). The van der Waals surface area contributed by atoms with Crippen molar-refractivity contribution in [2.75, 3.05) is 17.6 Å². The first-order valence-electron chi connectivity index (χ1n) is 5.73. The summed E-state index contributed by atoms with van der Waals surface area (Å²) < 4.78 is 35.8. The van der Waals surface area contributed by atoms with E-state index in [0.29, 0.717) is 0 Å². The topological polar surface area (TPSA) is 75.4 Å². The van der Waals surface area contributed by atoms with Gasteiger partial charge in [0.25, 0.3) is 0 Å². The highest BCUT2D eigenvalue weighted by atomic mass is 19.4. The molecule has 7 heteroatoms. The van der Waals surface area contributed by atoms with Gasteiger partial charge in [-0.05, 0) is 25.0 Å². The zero-order valence-corrected chi connectivity index (χ0v) is 10.1. The van der Waals surface area contributed by atoms with Crippen molar-refractivity contribution in [3.05, 3.63) is 23.8 Å². The van der Waals surface area contributed by atoms with Crippen LogP contribution in [0.15, 0.2) is 18.2 Å². The number of carboxylic acids is 1. The summed E-state index contributed by atoms with van der Waals surface area (Å²) in [4.78, 5) is 10.9. The molecule has 0 saturated heterocycles.